The summed E-state index contributed by atoms with van der Waals surface area (Å²) in [6.45, 7) is 15.4. The van der Waals surface area contributed by atoms with Crippen LogP contribution in [0.25, 0.3) is 44.6 Å². The van der Waals surface area contributed by atoms with Crippen LogP contribution in [0.5, 0.6) is 11.5 Å². The zero-order valence-electron chi connectivity index (χ0n) is 42.1. The van der Waals surface area contributed by atoms with Crippen molar-refractivity contribution >= 4 is 44.6 Å². The molecule has 0 amide bonds. The van der Waals surface area contributed by atoms with Crippen molar-refractivity contribution in [2.24, 2.45) is 23.7 Å². The van der Waals surface area contributed by atoms with Crippen LogP contribution >= 0.6 is 0 Å². The molecular formula is C68H66O2. The standard InChI is InChI=1S/C68H66O2/c1-45(2)17-15-19-47(5)41-43-69-51-35-29-49(30-36-51)33-39-61-53-21-7-9-23-55(53)65-63(61)57-25-11-13-27-59(57)67(65)68-60-28-14-12-26-58(60)64-62(54-22-8-10-24-56(54)66(64)68)40-34-50-31-37-52(38-32-50)70-44-42-48(6)20-16-18-46(3)4/h7-14,21-32,35-38,45-48H,15-20,41-44H2,1-6H3. The predicted octanol–water partition coefficient (Wildman–Crippen LogP) is 17.2. The lowest BCUT2D eigenvalue weighted by atomic mass is 9.87. The number of ether oxygens (including phenoxy) is 2. The van der Waals surface area contributed by atoms with Crippen LogP contribution in [0.15, 0.2) is 146 Å². The minimum Gasteiger partial charge on any atom is -0.494 e. The Balaban J connectivity index is 0.985. The van der Waals surface area contributed by atoms with Gasteiger partial charge in [-0.1, -0.05) is 201 Å². The summed E-state index contributed by atoms with van der Waals surface area (Å²) in [4.78, 5) is 0. The van der Waals surface area contributed by atoms with Gasteiger partial charge in [-0.25, -0.2) is 0 Å². The van der Waals surface area contributed by atoms with E-state index in [2.05, 4.69) is 211 Å². The second kappa shape index (κ2) is 20.9. The van der Waals surface area contributed by atoms with Crippen LogP contribution in [0, 0.1) is 47.4 Å². The van der Waals surface area contributed by atoms with Gasteiger partial charge < -0.3 is 9.47 Å². The number of rotatable bonds is 17. The SMILES string of the molecule is CC(C)CCCC(C)CCOc1ccc(C#CC2=C3C(=C(C4=C5C(=C(C#Cc6ccc(OCCC(C)CCCC(C)C)cc6)c6ccccc65)c5ccccc54)c4ccccc43)c3ccccc32)cc1. The van der Waals surface area contributed by atoms with Crippen molar-refractivity contribution in [2.75, 3.05) is 13.2 Å². The van der Waals surface area contributed by atoms with Gasteiger partial charge in [-0.05, 0) is 152 Å². The molecule has 6 aromatic rings. The summed E-state index contributed by atoms with van der Waals surface area (Å²) >= 11 is 0. The highest BCUT2D eigenvalue weighted by molar-refractivity contribution is 6.47. The molecule has 4 aliphatic rings. The highest BCUT2D eigenvalue weighted by atomic mass is 16.5. The molecule has 0 bridgehead atoms. The average molecular weight is 915 g/mol. The summed E-state index contributed by atoms with van der Waals surface area (Å²) in [6, 6.07) is 52.3. The molecule has 0 radical (unpaired) electrons. The van der Waals surface area contributed by atoms with Gasteiger partial charge in [0.1, 0.15) is 11.5 Å². The molecule has 4 aliphatic carbocycles. The first-order valence-corrected chi connectivity index (χ1v) is 26.1. The zero-order chi connectivity index (χ0) is 48.1. The van der Waals surface area contributed by atoms with Gasteiger partial charge in [-0.15, -0.1) is 0 Å². The normalized spacial score (nSPS) is 14.7. The van der Waals surface area contributed by atoms with Gasteiger partial charge in [0.15, 0.2) is 0 Å². The van der Waals surface area contributed by atoms with Crippen molar-refractivity contribution in [1.29, 1.82) is 0 Å². The zero-order valence-corrected chi connectivity index (χ0v) is 42.1. The molecule has 10 rings (SSSR count). The van der Waals surface area contributed by atoms with Crippen molar-refractivity contribution in [3.8, 4) is 35.2 Å². The minimum absolute atomic E-state index is 0.668. The first-order valence-electron chi connectivity index (χ1n) is 26.1. The van der Waals surface area contributed by atoms with E-state index >= 15 is 0 Å². The van der Waals surface area contributed by atoms with Gasteiger partial charge in [-0.2, -0.15) is 0 Å². The third-order valence-electron chi connectivity index (χ3n) is 14.7. The Morgan fingerprint density at radius 2 is 0.614 bits per heavy atom. The van der Waals surface area contributed by atoms with Gasteiger partial charge in [-0.3, -0.25) is 0 Å². The molecule has 6 aromatic carbocycles. The van der Waals surface area contributed by atoms with Crippen LogP contribution in [0.4, 0.5) is 0 Å². The number of hydrogen-bond donors (Lipinski definition) is 0. The lowest BCUT2D eigenvalue weighted by molar-refractivity contribution is 0.275. The molecule has 0 saturated heterocycles. The van der Waals surface area contributed by atoms with Crippen LogP contribution in [0.1, 0.15) is 149 Å². The summed E-state index contributed by atoms with van der Waals surface area (Å²) in [5, 5.41) is 0. The molecule has 0 aliphatic heterocycles. The van der Waals surface area contributed by atoms with Gasteiger partial charge in [0, 0.05) is 33.4 Å². The molecule has 2 heteroatoms. The Morgan fingerprint density at radius 3 is 0.957 bits per heavy atom. The van der Waals surface area contributed by atoms with Crippen LogP contribution < -0.4 is 9.47 Å². The van der Waals surface area contributed by atoms with E-state index in [1.807, 2.05) is 0 Å². The topological polar surface area (TPSA) is 18.5 Å². The Kier molecular flexibility index (Phi) is 14.0. The van der Waals surface area contributed by atoms with Gasteiger partial charge in [0.2, 0.25) is 0 Å². The maximum absolute atomic E-state index is 6.21. The number of hydrogen-bond acceptors (Lipinski definition) is 2. The first kappa shape index (κ1) is 46.7. The molecule has 2 nitrogen and oxygen atoms in total. The second-order valence-electron chi connectivity index (χ2n) is 20.9. The molecule has 350 valence electrons. The molecule has 0 heterocycles. The lowest BCUT2D eigenvalue weighted by Gasteiger charge is -2.15. The Labute approximate surface area is 418 Å². The fraction of sp³-hybridized carbons (Fsp3) is 0.294. The van der Waals surface area contributed by atoms with E-state index in [4.69, 9.17) is 9.47 Å². The highest BCUT2D eigenvalue weighted by Gasteiger charge is 2.43. The molecule has 70 heavy (non-hydrogen) atoms. The van der Waals surface area contributed by atoms with E-state index in [9.17, 15) is 0 Å². The van der Waals surface area contributed by atoms with E-state index in [0.717, 1.165) is 71.7 Å². The van der Waals surface area contributed by atoms with Crippen molar-refractivity contribution in [2.45, 2.75) is 92.9 Å². The Bertz CT molecular complexity index is 2960. The van der Waals surface area contributed by atoms with Gasteiger partial charge >= 0.3 is 0 Å². The van der Waals surface area contributed by atoms with Crippen LogP contribution in [-0.2, 0) is 0 Å². The number of benzene rings is 6. The highest BCUT2D eigenvalue weighted by Crippen LogP contribution is 2.64. The maximum atomic E-state index is 6.21. The fourth-order valence-corrected chi connectivity index (χ4v) is 10.9. The first-order chi connectivity index (χ1) is 34.2. The van der Waals surface area contributed by atoms with Crippen molar-refractivity contribution < 1.29 is 9.47 Å². The molecule has 0 fully saturated rings. The quantitative estimate of drug-likeness (QED) is 0.0849. The molecule has 2 atom stereocenters. The predicted molar refractivity (Wildman–Crippen MR) is 296 cm³/mol. The largest absolute Gasteiger partial charge is 0.494 e. The van der Waals surface area contributed by atoms with Gasteiger partial charge in [0.05, 0.1) is 13.2 Å². The molecule has 0 aromatic heterocycles. The number of allylic oxidation sites excluding steroid dienone is 8. The van der Waals surface area contributed by atoms with Gasteiger partial charge in [0.25, 0.3) is 0 Å². The van der Waals surface area contributed by atoms with E-state index < -0.39 is 0 Å². The second-order valence-corrected chi connectivity index (χ2v) is 20.9. The molecule has 0 saturated carbocycles. The van der Waals surface area contributed by atoms with Crippen LogP contribution in [-0.4, -0.2) is 13.2 Å². The summed E-state index contributed by atoms with van der Waals surface area (Å²) in [6.07, 6.45) is 9.86. The van der Waals surface area contributed by atoms with E-state index in [0.29, 0.717) is 11.8 Å². The van der Waals surface area contributed by atoms with E-state index in [1.165, 1.54) is 116 Å². The van der Waals surface area contributed by atoms with Crippen molar-refractivity contribution in [3.05, 3.63) is 201 Å². The molecule has 0 N–H and O–H groups in total. The van der Waals surface area contributed by atoms with Crippen molar-refractivity contribution in [1.82, 2.24) is 0 Å². The summed E-state index contributed by atoms with van der Waals surface area (Å²) < 4.78 is 12.4. The summed E-state index contributed by atoms with van der Waals surface area (Å²) in [5.41, 5.74) is 21.4. The van der Waals surface area contributed by atoms with Crippen LogP contribution in [0.3, 0.4) is 0 Å². The summed E-state index contributed by atoms with van der Waals surface area (Å²) in [7, 11) is 0. The average Bonchev–Trinajstić information content (AvgIpc) is 4.08. The van der Waals surface area contributed by atoms with E-state index in [1.54, 1.807) is 0 Å². The molecule has 0 spiro atoms. The third kappa shape index (κ3) is 9.63. The Morgan fingerprint density at radius 1 is 0.314 bits per heavy atom. The maximum Gasteiger partial charge on any atom is 0.119 e. The van der Waals surface area contributed by atoms with Crippen molar-refractivity contribution in [3.63, 3.8) is 0 Å². The Hall–Kier alpha value is -7.00. The summed E-state index contributed by atoms with van der Waals surface area (Å²) in [5.74, 6) is 19.3. The molecular weight excluding hydrogens is 849 g/mol. The minimum atomic E-state index is 0.668. The monoisotopic (exact) mass is 915 g/mol. The van der Waals surface area contributed by atoms with E-state index in [-0.39, 0.29) is 0 Å². The van der Waals surface area contributed by atoms with Crippen LogP contribution in [0.2, 0.25) is 0 Å². The third-order valence-corrected chi connectivity index (χ3v) is 14.7. The number of fused-ring (bicyclic) bond motifs is 10. The lowest BCUT2D eigenvalue weighted by Crippen LogP contribution is -2.04. The fourth-order valence-electron chi connectivity index (χ4n) is 10.9. The molecule has 2 unspecified atom stereocenters. The smallest absolute Gasteiger partial charge is 0.119 e.